The Morgan fingerprint density at radius 2 is 2.00 bits per heavy atom. The molecule has 1 aliphatic carbocycles. The third kappa shape index (κ3) is 4.39. The molecule has 1 saturated carbocycles. The third-order valence-corrected chi connectivity index (χ3v) is 6.95. The van der Waals surface area contributed by atoms with Crippen LogP contribution in [0, 0.1) is 11.3 Å². The molecule has 162 valence electrons. The van der Waals surface area contributed by atoms with Crippen molar-refractivity contribution in [1.29, 1.82) is 0 Å². The largest absolute Gasteiger partial charge is 0.464 e. The second kappa shape index (κ2) is 8.16. The summed E-state index contributed by atoms with van der Waals surface area (Å²) in [6.45, 7) is 8.31. The van der Waals surface area contributed by atoms with Crippen molar-refractivity contribution in [2.24, 2.45) is 11.3 Å². The van der Waals surface area contributed by atoms with Gasteiger partial charge in [0.1, 0.15) is 18.1 Å². The van der Waals surface area contributed by atoms with Crippen LogP contribution < -0.4 is 5.32 Å². The molecule has 0 aromatic heterocycles. The summed E-state index contributed by atoms with van der Waals surface area (Å²) in [4.78, 5) is 53.6. The van der Waals surface area contributed by atoms with Crippen molar-refractivity contribution in [3.63, 3.8) is 0 Å². The highest BCUT2D eigenvalue weighted by molar-refractivity contribution is 7.99. The number of esters is 1. The van der Waals surface area contributed by atoms with E-state index in [4.69, 9.17) is 4.74 Å². The SMILES string of the molecule is CCOC(=O)[C@@H]1CSCCN1C(=O)CN1C(=O)N[C@]2(C[C@@H](C)CC(C)(C)C2)C1=O. The van der Waals surface area contributed by atoms with Gasteiger partial charge in [-0.1, -0.05) is 20.8 Å². The molecular formula is C20H31N3O5S. The molecule has 4 amide bonds. The highest BCUT2D eigenvalue weighted by Gasteiger charge is 2.56. The van der Waals surface area contributed by atoms with E-state index in [0.29, 0.717) is 36.8 Å². The molecule has 3 rings (SSSR count). The quantitative estimate of drug-likeness (QED) is 0.543. The van der Waals surface area contributed by atoms with Crippen molar-refractivity contribution >= 4 is 35.6 Å². The Hall–Kier alpha value is -1.77. The van der Waals surface area contributed by atoms with Gasteiger partial charge >= 0.3 is 12.0 Å². The first-order chi connectivity index (χ1) is 13.6. The van der Waals surface area contributed by atoms with E-state index in [-0.39, 0.29) is 24.5 Å². The minimum absolute atomic E-state index is 0.0697. The molecule has 0 radical (unpaired) electrons. The Bertz CT molecular complexity index is 712. The molecule has 3 aliphatic rings. The smallest absolute Gasteiger partial charge is 0.329 e. The van der Waals surface area contributed by atoms with E-state index >= 15 is 0 Å². The number of nitrogens with one attached hydrogen (secondary N) is 1. The van der Waals surface area contributed by atoms with Gasteiger partial charge in [-0.15, -0.1) is 0 Å². The van der Waals surface area contributed by atoms with Gasteiger partial charge in [0.2, 0.25) is 5.91 Å². The van der Waals surface area contributed by atoms with Crippen LogP contribution in [0.5, 0.6) is 0 Å². The standard InChI is InChI=1S/C20H31N3O5S/c1-5-28-16(25)14-11-29-7-6-22(14)15(24)10-23-17(26)20(21-18(23)27)9-13(2)8-19(3,4)12-20/h13-14H,5-12H2,1-4H3,(H,21,27)/t13-,14-,20-/m0/s1. The highest BCUT2D eigenvalue weighted by Crippen LogP contribution is 2.46. The number of urea groups is 1. The molecule has 0 unspecified atom stereocenters. The molecule has 2 heterocycles. The van der Waals surface area contributed by atoms with E-state index < -0.39 is 29.5 Å². The van der Waals surface area contributed by atoms with E-state index in [9.17, 15) is 19.2 Å². The van der Waals surface area contributed by atoms with Crippen molar-refractivity contribution in [2.75, 3.05) is 31.2 Å². The van der Waals surface area contributed by atoms with Gasteiger partial charge in [0.05, 0.1) is 6.61 Å². The Labute approximate surface area is 176 Å². The number of hydrogen-bond donors (Lipinski definition) is 1. The van der Waals surface area contributed by atoms with Crippen LogP contribution in [0.25, 0.3) is 0 Å². The maximum Gasteiger partial charge on any atom is 0.329 e. The van der Waals surface area contributed by atoms with Gasteiger partial charge < -0.3 is 15.0 Å². The summed E-state index contributed by atoms with van der Waals surface area (Å²) in [7, 11) is 0. The molecule has 2 aliphatic heterocycles. The van der Waals surface area contributed by atoms with E-state index in [0.717, 1.165) is 11.3 Å². The van der Waals surface area contributed by atoms with Crippen LogP contribution in [0.15, 0.2) is 0 Å². The molecular weight excluding hydrogens is 394 g/mol. The molecule has 0 aromatic carbocycles. The molecule has 29 heavy (non-hydrogen) atoms. The zero-order chi connectivity index (χ0) is 21.4. The zero-order valence-electron chi connectivity index (χ0n) is 17.7. The molecule has 8 nitrogen and oxygen atoms in total. The van der Waals surface area contributed by atoms with Gasteiger partial charge in [-0.05, 0) is 37.5 Å². The number of carbonyl (C=O) groups excluding carboxylic acids is 4. The summed E-state index contributed by atoms with van der Waals surface area (Å²) in [6, 6.07) is -1.20. The number of thioether (sulfide) groups is 1. The van der Waals surface area contributed by atoms with Crippen LogP contribution in [0.2, 0.25) is 0 Å². The minimum atomic E-state index is -0.934. The van der Waals surface area contributed by atoms with Gasteiger partial charge in [0.15, 0.2) is 0 Å². The molecule has 0 bridgehead atoms. The fourth-order valence-corrected chi connectivity index (χ4v) is 6.24. The Morgan fingerprint density at radius 1 is 1.28 bits per heavy atom. The van der Waals surface area contributed by atoms with Gasteiger partial charge in [0.25, 0.3) is 5.91 Å². The Balaban J connectivity index is 1.74. The number of ether oxygens (including phenoxy) is 1. The lowest BCUT2D eigenvalue weighted by atomic mass is 9.64. The topological polar surface area (TPSA) is 96.0 Å². The number of imide groups is 1. The number of amides is 4. The van der Waals surface area contributed by atoms with Crippen molar-refractivity contribution in [3.05, 3.63) is 0 Å². The predicted molar refractivity (Wildman–Crippen MR) is 109 cm³/mol. The van der Waals surface area contributed by atoms with Crippen LogP contribution in [0.3, 0.4) is 0 Å². The lowest BCUT2D eigenvalue weighted by molar-refractivity contribution is -0.154. The molecule has 2 saturated heterocycles. The van der Waals surface area contributed by atoms with Crippen LogP contribution in [-0.2, 0) is 19.1 Å². The average Bonchev–Trinajstić information content (AvgIpc) is 2.83. The number of rotatable bonds is 4. The first-order valence-electron chi connectivity index (χ1n) is 10.3. The molecule has 0 aromatic rings. The van der Waals surface area contributed by atoms with Crippen LogP contribution in [-0.4, -0.2) is 76.4 Å². The van der Waals surface area contributed by atoms with E-state index in [1.165, 1.54) is 4.90 Å². The molecule has 1 N–H and O–H groups in total. The lowest BCUT2D eigenvalue weighted by Crippen LogP contribution is -2.55. The molecule has 3 fully saturated rings. The van der Waals surface area contributed by atoms with Gasteiger partial charge in [-0.3, -0.25) is 14.5 Å². The average molecular weight is 426 g/mol. The van der Waals surface area contributed by atoms with Crippen molar-refractivity contribution in [1.82, 2.24) is 15.1 Å². The zero-order valence-corrected chi connectivity index (χ0v) is 18.5. The van der Waals surface area contributed by atoms with Gasteiger partial charge in [0, 0.05) is 18.1 Å². The number of nitrogens with zero attached hydrogens (tertiary/aromatic N) is 2. The Morgan fingerprint density at radius 3 is 2.66 bits per heavy atom. The van der Waals surface area contributed by atoms with Crippen molar-refractivity contribution in [3.8, 4) is 0 Å². The summed E-state index contributed by atoms with van der Waals surface area (Å²) in [6.07, 6.45) is 2.13. The predicted octanol–water partition coefficient (Wildman–Crippen LogP) is 1.63. The van der Waals surface area contributed by atoms with Crippen LogP contribution >= 0.6 is 11.8 Å². The molecule has 3 atom stereocenters. The maximum absolute atomic E-state index is 13.2. The van der Waals surface area contributed by atoms with Crippen molar-refractivity contribution in [2.45, 2.75) is 58.5 Å². The summed E-state index contributed by atoms with van der Waals surface area (Å²) in [5.74, 6) is 0.301. The van der Waals surface area contributed by atoms with Crippen LogP contribution in [0.4, 0.5) is 4.79 Å². The second-order valence-electron chi connectivity index (χ2n) is 9.19. The van der Waals surface area contributed by atoms with E-state index in [1.807, 2.05) is 0 Å². The summed E-state index contributed by atoms with van der Waals surface area (Å²) in [5, 5.41) is 2.89. The summed E-state index contributed by atoms with van der Waals surface area (Å²) >= 11 is 1.59. The monoisotopic (exact) mass is 425 g/mol. The van der Waals surface area contributed by atoms with Gasteiger partial charge in [-0.25, -0.2) is 9.59 Å². The van der Waals surface area contributed by atoms with E-state index in [1.54, 1.807) is 18.7 Å². The van der Waals surface area contributed by atoms with Crippen molar-refractivity contribution < 1.29 is 23.9 Å². The fourth-order valence-electron chi connectivity index (χ4n) is 5.21. The summed E-state index contributed by atoms with van der Waals surface area (Å²) in [5.41, 5.74) is -1.00. The third-order valence-electron chi connectivity index (χ3n) is 5.93. The van der Waals surface area contributed by atoms with Crippen LogP contribution in [0.1, 0.15) is 47.0 Å². The van der Waals surface area contributed by atoms with Gasteiger partial charge in [-0.2, -0.15) is 11.8 Å². The minimum Gasteiger partial charge on any atom is -0.464 e. The van der Waals surface area contributed by atoms with E-state index in [2.05, 4.69) is 26.1 Å². The fraction of sp³-hybridized carbons (Fsp3) is 0.800. The Kier molecular flexibility index (Phi) is 6.17. The highest BCUT2D eigenvalue weighted by atomic mass is 32.2. The lowest BCUT2D eigenvalue weighted by Gasteiger charge is -2.43. The first-order valence-corrected chi connectivity index (χ1v) is 11.4. The molecule has 1 spiro atoms. The normalized spacial score (nSPS) is 31.7. The molecule has 9 heteroatoms. The summed E-state index contributed by atoms with van der Waals surface area (Å²) < 4.78 is 5.09. The number of hydrogen-bond acceptors (Lipinski definition) is 6. The second-order valence-corrected chi connectivity index (χ2v) is 10.3. The number of carbonyl (C=O) groups is 4. The first kappa shape index (κ1) is 21.9. The maximum atomic E-state index is 13.2.